The van der Waals surface area contributed by atoms with Crippen LogP contribution in [0.4, 0.5) is 5.69 Å². The van der Waals surface area contributed by atoms with Crippen molar-refractivity contribution in [2.24, 2.45) is 0 Å². The van der Waals surface area contributed by atoms with Crippen LogP contribution in [-0.4, -0.2) is 37.8 Å². The molecule has 0 amide bonds. The molecule has 2 rings (SSSR count). The second-order valence-electron chi connectivity index (χ2n) is 4.38. The summed E-state index contributed by atoms with van der Waals surface area (Å²) in [6.45, 7) is 6.05. The minimum Gasteiger partial charge on any atom is -0.380 e. The number of pyridine rings is 1. The first-order valence-corrected chi connectivity index (χ1v) is 6.26. The number of rotatable bonds is 5. The van der Waals surface area contributed by atoms with Crippen molar-refractivity contribution in [3.05, 3.63) is 24.0 Å². The number of anilines is 1. The molecule has 1 unspecified atom stereocenters. The van der Waals surface area contributed by atoms with Gasteiger partial charge in [-0.15, -0.1) is 0 Å². The Morgan fingerprint density at radius 1 is 1.59 bits per heavy atom. The summed E-state index contributed by atoms with van der Waals surface area (Å²) < 4.78 is 5.41. The highest BCUT2D eigenvalue weighted by atomic mass is 16.5. The predicted molar refractivity (Wildman–Crippen MR) is 69.2 cm³/mol. The van der Waals surface area contributed by atoms with Crippen molar-refractivity contribution in [3.8, 4) is 0 Å². The number of aromatic nitrogens is 1. The summed E-state index contributed by atoms with van der Waals surface area (Å²) >= 11 is 0. The summed E-state index contributed by atoms with van der Waals surface area (Å²) in [6.07, 6.45) is 5.29. The van der Waals surface area contributed by atoms with Crippen molar-refractivity contribution in [1.82, 2.24) is 10.3 Å². The van der Waals surface area contributed by atoms with E-state index in [1.807, 2.05) is 12.4 Å². The zero-order valence-electron chi connectivity index (χ0n) is 10.6. The Morgan fingerprint density at radius 3 is 3.18 bits per heavy atom. The third-order valence-corrected chi connectivity index (χ3v) is 3.27. The second-order valence-corrected chi connectivity index (χ2v) is 4.38. The van der Waals surface area contributed by atoms with Gasteiger partial charge in [-0.3, -0.25) is 4.98 Å². The fourth-order valence-electron chi connectivity index (χ4n) is 2.25. The molecule has 1 aromatic rings. The molecule has 1 aliphatic rings. The largest absolute Gasteiger partial charge is 0.380 e. The standard InChI is InChI=1S/C13H21N3O/c1-3-14-8-11-4-6-15-9-13(11)16-7-5-12(10-16)17-2/h4,6,9,12,14H,3,5,7-8,10H2,1-2H3. The van der Waals surface area contributed by atoms with E-state index in [0.717, 1.165) is 32.6 Å². The molecule has 0 spiro atoms. The second kappa shape index (κ2) is 5.98. The molecular formula is C13H21N3O. The maximum absolute atomic E-state index is 5.41. The van der Waals surface area contributed by atoms with Crippen molar-refractivity contribution < 1.29 is 4.74 Å². The molecule has 4 nitrogen and oxygen atoms in total. The molecule has 1 fully saturated rings. The quantitative estimate of drug-likeness (QED) is 0.837. The summed E-state index contributed by atoms with van der Waals surface area (Å²) in [5.74, 6) is 0. The molecule has 1 atom stereocenters. The van der Waals surface area contributed by atoms with Crippen LogP contribution in [0.3, 0.4) is 0 Å². The lowest BCUT2D eigenvalue weighted by atomic mass is 10.2. The third-order valence-electron chi connectivity index (χ3n) is 3.27. The number of hydrogen-bond donors (Lipinski definition) is 1. The van der Waals surface area contributed by atoms with Gasteiger partial charge >= 0.3 is 0 Å². The zero-order chi connectivity index (χ0) is 12.1. The Kier molecular flexibility index (Phi) is 4.34. The molecule has 1 saturated heterocycles. The zero-order valence-corrected chi connectivity index (χ0v) is 10.6. The number of nitrogens with zero attached hydrogens (tertiary/aromatic N) is 2. The van der Waals surface area contributed by atoms with Gasteiger partial charge in [0.1, 0.15) is 0 Å². The van der Waals surface area contributed by atoms with Gasteiger partial charge in [0.25, 0.3) is 0 Å². The smallest absolute Gasteiger partial charge is 0.0762 e. The minimum atomic E-state index is 0.363. The van der Waals surface area contributed by atoms with Crippen molar-refractivity contribution in [1.29, 1.82) is 0 Å². The molecule has 0 aromatic carbocycles. The van der Waals surface area contributed by atoms with Gasteiger partial charge in [-0.25, -0.2) is 0 Å². The fraction of sp³-hybridized carbons (Fsp3) is 0.615. The molecule has 2 heterocycles. The molecule has 0 aliphatic carbocycles. The highest BCUT2D eigenvalue weighted by Crippen LogP contribution is 2.24. The average molecular weight is 235 g/mol. The van der Waals surface area contributed by atoms with E-state index < -0.39 is 0 Å². The van der Waals surface area contributed by atoms with Crippen LogP contribution >= 0.6 is 0 Å². The lowest BCUT2D eigenvalue weighted by Gasteiger charge is -2.21. The summed E-state index contributed by atoms with van der Waals surface area (Å²) in [5.41, 5.74) is 2.56. The molecule has 1 aromatic heterocycles. The van der Waals surface area contributed by atoms with Gasteiger partial charge < -0.3 is 15.0 Å². The Balaban J connectivity index is 2.09. The van der Waals surface area contributed by atoms with Gasteiger partial charge in [0, 0.05) is 32.9 Å². The minimum absolute atomic E-state index is 0.363. The van der Waals surface area contributed by atoms with Crippen LogP contribution in [-0.2, 0) is 11.3 Å². The van der Waals surface area contributed by atoms with Crippen molar-refractivity contribution >= 4 is 5.69 Å². The Bertz CT molecular complexity index is 356. The van der Waals surface area contributed by atoms with Crippen molar-refractivity contribution in [3.63, 3.8) is 0 Å². The molecule has 1 N–H and O–H groups in total. The first-order chi connectivity index (χ1) is 8.35. The van der Waals surface area contributed by atoms with E-state index in [2.05, 4.69) is 28.2 Å². The maximum Gasteiger partial charge on any atom is 0.0762 e. The predicted octanol–water partition coefficient (Wildman–Crippen LogP) is 1.42. The SMILES string of the molecule is CCNCc1ccncc1N1CCC(OC)C1. The van der Waals surface area contributed by atoms with Crippen LogP contribution in [0.25, 0.3) is 0 Å². The molecule has 94 valence electrons. The van der Waals surface area contributed by atoms with Gasteiger partial charge in [0.15, 0.2) is 0 Å². The van der Waals surface area contributed by atoms with Crippen LogP contribution in [0, 0.1) is 0 Å². The topological polar surface area (TPSA) is 37.4 Å². The van der Waals surface area contributed by atoms with Crippen LogP contribution in [0.1, 0.15) is 18.9 Å². The van der Waals surface area contributed by atoms with Gasteiger partial charge in [-0.05, 0) is 24.6 Å². The number of hydrogen-bond acceptors (Lipinski definition) is 4. The molecule has 0 saturated carbocycles. The first-order valence-electron chi connectivity index (χ1n) is 6.26. The summed E-state index contributed by atoms with van der Waals surface area (Å²) in [5, 5.41) is 3.37. The van der Waals surface area contributed by atoms with E-state index in [-0.39, 0.29) is 0 Å². The first kappa shape index (κ1) is 12.3. The maximum atomic E-state index is 5.41. The molecule has 17 heavy (non-hydrogen) atoms. The van der Waals surface area contributed by atoms with Crippen LogP contribution in [0.2, 0.25) is 0 Å². The van der Waals surface area contributed by atoms with Gasteiger partial charge in [-0.1, -0.05) is 6.92 Å². The molecule has 1 aliphatic heterocycles. The number of methoxy groups -OCH3 is 1. The van der Waals surface area contributed by atoms with E-state index in [9.17, 15) is 0 Å². The molecule has 4 heteroatoms. The van der Waals surface area contributed by atoms with Gasteiger partial charge in [0.2, 0.25) is 0 Å². The number of nitrogens with one attached hydrogen (secondary N) is 1. The van der Waals surface area contributed by atoms with Crippen LogP contribution in [0.5, 0.6) is 0 Å². The van der Waals surface area contributed by atoms with Gasteiger partial charge in [-0.2, -0.15) is 0 Å². The Hall–Kier alpha value is -1.13. The Labute approximate surface area is 103 Å². The van der Waals surface area contributed by atoms with Gasteiger partial charge in [0.05, 0.1) is 18.0 Å². The summed E-state index contributed by atoms with van der Waals surface area (Å²) in [4.78, 5) is 6.61. The average Bonchev–Trinajstić information content (AvgIpc) is 2.85. The van der Waals surface area contributed by atoms with Crippen molar-refractivity contribution in [2.45, 2.75) is 26.0 Å². The lowest BCUT2D eigenvalue weighted by molar-refractivity contribution is 0.121. The van der Waals surface area contributed by atoms with E-state index in [4.69, 9.17) is 4.74 Å². The Morgan fingerprint density at radius 2 is 2.47 bits per heavy atom. The highest BCUT2D eigenvalue weighted by molar-refractivity contribution is 5.52. The summed E-state index contributed by atoms with van der Waals surface area (Å²) in [7, 11) is 1.79. The van der Waals surface area contributed by atoms with E-state index in [1.165, 1.54) is 11.3 Å². The van der Waals surface area contributed by atoms with E-state index in [0.29, 0.717) is 6.10 Å². The normalized spacial score (nSPS) is 19.9. The molecule has 0 radical (unpaired) electrons. The van der Waals surface area contributed by atoms with E-state index in [1.54, 1.807) is 7.11 Å². The summed E-state index contributed by atoms with van der Waals surface area (Å²) in [6, 6.07) is 2.10. The fourth-order valence-corrected chi connectivity index (χ4v) is 2.25. The van der Waals surface area contributed by atoms with Crippen molar-refractivity contribution in [2.75, 3.05) is 31.6 Å². The number of ether oxygens (including phenoxy) is 1. The van der Waals surface area contributed by atoms with Crippen LogP contribution < -0.4 is 10.2 Å². The van der Waals surface area contributed by atoms with Crippen LogP contribution in [0.15, 0.2) is 18.5 Å². The third kappa shape index (κ3) is 2.96. The lowest BCUT2D eigenvalue weighted by Crippen LogP contribution is -2.24. The molecular weight excluding hydrogens is 214 g/mol. The molecule has 0 bridgehead atoms. The van der Waals surface area contributed by atoms with E-state index >= 15 is 0 Å². The highest BCUT2D eigenvalue weighted by Gasteiger charge is 2.23. The monoisotopic (exact) mass is 235 g/mol.